The minimum Gasteiger partial charge on any atom is -0.510 e. The van der Waals surface area contributed by atoms with Gasteiger partial charge in [-0.15, -0.1) is 0 Å². The van der Waals surface area contributed by atoms with Crippen molar-refractivity contribution in [1.82, 2.24) is 10.6 Å². The summed E-state index contributed by atoms with van der Waals surface area (Å²) in [5, 5.41) is 19.4. The summed E-state index contributed by atoms with van der Waals surface area (Å²) < 4.78 is 0. The number of nitrogens with zero attached hydrogens (tertiary/aromatic N) is 1. The van der Waals surface area contributed by atoms with Crippen molar-refractivity contribution in [3.63, 3.8) is 0 Å². The lowest BCUT2D eigenvalue weighted by Crippen LogP contribution is -2.31. The van der Waals surface area contributed by atoms with Crippen LogP contribution >= 0.6 is 0 Å². The molecule has 0 aromatic heterocycles. The lowest BCUT2D eigenvalue weighted by Gasteiger charge is -2.16. The summed E-state index contributed by atoms with van der Waals surface area (Å²) in [5.41, 5.74) is 3.27. The molecule has 4 N–H and O–H groups in total. The number of aliphatic imine (C=N–C) groups is 1. The molecular weight excluding hydrogens is 376 g/mol. The Morgan fingerprint density at radius 1 is 1.17 bits per heavy atom. The van der Waals surface area contributed by atoms with Gasteiger partial charge in [0.05, 0.1) is 6.04 Å². The number of anilines is 1. The molecule has 1 amide bonds. The van der Waals surface area contributed by atoms with Crippen LogP contribution in [-0.2, 0) is 11.2 Å². The van der Waals surface area contributed by atoms with Crippen molar-refractivity contribution in [3.05, 3.63) is 65.3 Å². The lowest BCUT2D eigenvalue weighted by molar-refractivity contribution is -0.110. The van der Waals surface area contributed by atoms with Gasteiger partial charge in [-0.3, -0.25) is 4.79 Å². The highest BCUT2D eigenvalue weighted by molar-refractivity contribution is 5.60. The summed E-state index contributed by atoms with van der Waals surface area (Å²) in [6.07, 6.45) is 14.3. The summed E-state index contributed by atoms with van der Waals surface area (Å²) in [5.74, 6) is 1.17. The average Bonchev–Trinajstić information content (AvgIpc) is 2.79. The van der Waals surface area contributed by atoms with E-state index < -0.39 is 6.04 Å². The third kappa shape index (κ3) is 8.15. The number of allylic oxidation sites excluding steroid dienone is 4. The van der Waals surface area contributed by atoms with E-state index >= 15 is 0 Å². The van der Waals surface area contributed by atoms with Crippen LogP contribution in [-0.4, -0.2) is 30.3 Å². The fourth-order valence-corrected chi connectivity index (χ4v) is 3.24. The Hall–Kier alpha value is -3.02. The van der Waals surface area contributed by atoms with E-state index in [4.69, 9.17) is 0 Å². The maximum atomic E-state index is 10.8. The van der Waals surface area contributed by atoms with Crippen LogP contribution in [0.3, 0.4) is 0 Å². The van der Waals surface area contributed by atoms with Crippen LogP contribution in [0.5, 0.6) is 0 Å². The van der Waals surface area contributed by atoms with Gasteiger partial charge in [0, 0.05) is 24.1 Å². The molecule has 1 heterocycles. The van der Waals surface area contributed by atoms with E-state index in [0.29, 0.717) is 12.8 Å². The van der Waals surface area contributed by atoms with Gasteiger partial charge < -0.3 is 21.1 Å². The summed E-state index contributed by atoms with van der Waals surface area (Å²) in [6.45, 7) is 4.73. The number of nitrogens with one attached hydrogen (secondary N) is 3. The number of hydrogen-bond donors (Lipinski definition) is 4. The first-order chi connectivity index (χ1) is 14.7. The maximum absolute atomic E-state index is 10.8. The first kappa shape index (κ1) is 23.3. The van der Waals surface area contributed by atoms with Crippen LogP contribution in [0, 0.1) is 0 Å². The van der Waals surface area contributed by atoms with E-state index in [1.807, 2.05) is 37.4 Å². The number of benzene rings is 1. The molecule has 1 atom stereocenters. The van der Waals surface area contributed by atoms with Gasteiger partial charge in [0.2, 0.25) is 6.41 Å². The van der Waals surface area contributed by atoms with Gasteiger partial charge in [-0.1, -0.05) is 18.2 Å². The monoisotopic (exact) mass is 410 g/mol. The highest BCUT2D eigenvalue weighted by atomic mass is 16.3. The van der Waals surface area contributed by atoms with Gasteiger partial charge in [0.25, 0.3) is 0 Å². The second-order valence-electron chi connectivity index (χ2n) is 7.25. The standard InChI is InChI=1S/C24H34N4O2/c1-3-20(9-5-7-15-25-24-10-6-8-16-26-24)28-21-13-11-19(12-14-21)17-22(27-18-29)23(30)4-2/h3-4,10-14,16,18,22,25,28,30H,5-9,15,17H2,1-2H3,(H,27,29)/b20-3?,23-4+. The normalized spacial score (nSPS) is 15.3. The number of amides is 1. The largest absolute Gasteiger partial charge is 0.510 e. The summed E-state index contributed by atoms with van der Waals surface area (Å²) in [6, 6.07) is 7.68. The van der Waals surface area contributed by atoms with Gasteiger partial charge in [0.15, 0.2) is 0 Å². The predicted octanol–water partition coefficient (Wildman–Crippen LogP) is 4.59. The summed E-state index contributed by atoms with van der Waals surface area (Å²) in [4.78, 5) is 15.1. The average molecular weight is 411 g/mol. The molecule has 0 saturated heterocycles. The van der Waals surface area contributed by atoms with Crippen molar-refractivity contribution >= 4 is 18.3 Å². The molecule has 0 saturated carbocycles. The van der Waals surface area contributed by atoms with Gasteiger partial charge in [-0.2, -0.15) is 0 Å². The van der Waals surface area contributed by atoms with Crippen LogP contribution in [0.4, 0.5) is 5.69 Å². The Kier molecular flexibility index (Phi) is 10.3. The van der Waals surface area contributed by atoms with Crippen molar-refractivity contribution in [2.24, 2.45) is 4.99 Å². The molecule has 1 aromatic rings. The van der Waals surface area contributed by atoms with Gasteiger partial charge in [-0.05, 0) is 82.2 Å². The molecule has 2 rings (SSSR count). The fraction of sp³-hybridized carbons (Fsp3) is 0.417. The molecule has 1 aliphatic rings. The number of carbonyl (C=O) groups is 1. The number of hydrogen-bond acceptors (Lipinski definition) is 5. The second-order valence-corrected chi connectivity index (χ2v) is 7.25. The predicted molar refractivity (Wildman–Crippen MR) is 125 cm³/mol. The van der Waals surface area contributed by atoms with E-state index in [2.05, 4.69) is 33.1 Å². The van der Waals surface area contributed by atoms with Crippen LogP contribution in [0.25, 0.3) is 0 Å². The summed E-state index contributed by atoms with van der Waals surface area (Å²) in [7, 11) is 0. The van der Waals surface area contributed by atoms with Gasteiger partial charge >= 0.3 is 0 Å². The minimum atomic E-state index is -0.402. The quantitative estimate of drug-likeness (QED) is 0.218. The van der Waals surface area contributed by atoms with Crippen molar-refractivity contribution in [3.8, 4) is 0 Å². The van der Waals surface area contributed by atoms with Crippen LogP contribution in [0.2, 0.25) is 0 Å². The smallest absolute Gasteiger partial charge is 0.207 e. The number of carbonyl (C=O) groups excluding carboxylic acids is 1. The molecular formula is C24H34N4O2. The van der Waals surface area contributed by atoms with Gasteiger partial charge in [0.1, 0.15) is 11.6 Å². The highest BCUT2D eigenvalue weighted by Gasteiger charge is 2.12. The molecule has 1 aromatic carbocycles. The molecule has 30 heavy (non-hydrogen) atoms. The number of unbranched alkanes of at least 4 members (excludes halogenated alkanes) is 1. The van der Waals surface area contributed by atoms with Crippen molar-refractivity contribution in [2.75, 3.05) is 11.9 Å². The summed E-state index contributed by atoms with van der Waals surface area (Å²) >= 11 is 0. The van der Waals surface area contributed by atoms with E-state index in [-0.39, 0.29) is 5.76 Å². The molecule has 162 valence electrons. The fourth-order valence-electron chi connectivity index (χ4n) is 3.24. The van der Waals surface area contributed by atoms with Gasteiger partial charge in [-0.25, -0.2) is 4.99 Å². The van der Waals surface area contributed by atoms with Crippen LogP contribution in [0.15, 0.2) is 64.8 Å². The third-order valence-corrected chi connectivity index (χ3v) is 5.01. The third-order valence-electron chi connectivity index (χ3n) is 5.01. The maximum Gasteiger partial charge on any atom is 0.207 e. The molecule has 0 bridgehead atoms. The Bertz CT molecular complexity index is 779. The topological polar surface area (TPSA) is 85.8 Å². The first-order valence-electron chi connectivity index (χ1n) is 10.7. The number of aliphatic hydroxyl groups excluding tert-OH is 1. The van der Waals surface area contributed by atoms with E-state index in [9.17, 15) is 9.90 Å². The Labute approximate surface area is 179 Å². The van der Waals surface area contributed by atoms with Crippen LogP contribution in [0.1, 0.15) is 51.5 Å². The zero-order valence-corrected chi connectivity index (χ0v) is 18.0. The SMILES string of the molecule is CC=C(CCCCNC1=CCCC=N1)Nc1ccc(CC(NC=O)/C(O)=C\C)cc1. The molecule has 6 heteroatoms. The first-order valence-corrected chi connectivity index (χ1v) is 10.7. The zero-order valence-electron chi connectivity index (χ0n) is 18.0. The molecule has 1 unspecified atom stereocenters. The molecule has 0 spiro atoms. The Balaban J connectivity index is 1.76. The molecule has 0 aliphatic carbocycles. The molecule has 6 nitrogen and oxygen atoms in total. The minimum absolute atomic E-state index is 0.168. The van der Waals surface area contributed by atoms with Crippen molar-refractivity contribution in [2.45, 2.75) is 58.4 Å². The van der Waals surface area contributed by atoms with E-state index in [0.717, 1.165) is 55.7 Å². The molecule has 0 radical (unpaired) electrons. The molecule has 1 aliphatic heterocycles. The number of rotatable bonds is 13. The Morgan fingerprint density at radius 2 is 1.97 bits per heavy atom. The Morgan fingerprint density at radius 3 is 2.60 bits per heavy atom. The number of aliphatic hydroxyl groups is 1. The highest BCUT2D eigenvalue weighted by Crippen LogP contribution is 2.17. The van der Waals surface area contributed by atoms with E-state index in [1.54, 1.807) is 13.0 Å². The van der Waals surface area contributed by atoms with Crippen molar-refractivity contribution < 1.29 is 9.90 Å². The zero-order chi connectivity index (χ0) is 21.6. The molecule has 0 fully saturated rings. The van der Waals surface area contributed by atoms with Crippen LogP contribution < -0.4 is 16.0 Å². The van der Waals surface area contributed by atoms with Crippen molar-refractivity contribution in [1.29, 1.82) is 0 Å². The lowest BCUT2D eigenvalue weighted by atomic mass is 10.0. The second kappa shape index (κ2) is 13.2. The van der Waals surface area contributed by atoms with E-state index in [1.165, 1.54) is 5.70 Å².